The van der Waals surface area contributed by atoms with Crippen LogP contribution in [0, 0.1) is 0 Å². The van der Waals surface area contributed by atoms with E-state index in [2.05, 4.69) is 35.0 Å². The predicted octanol–water partition coefficient (Wildman–Crippen LogP) is 4.18. The minimum Gasteiger partial charge on any atom is -0.493 e. The number of rotatable bonds is 5. The van der Waals surface area contributed by atoms with Crippen molar-refractivity contribution in [3.63, 3.8) is 0 Å². The van der Waals surface area contributed by atoms with Gasteiger partial charge in [-0.2, -0.15) is 0 Å². The molecule has 0 bridgehead atoms. The average Bonchev–Trinajstić information content (AvgIpc) is 2.18. The molecule has 0 aromatic heterocycles. The molecule has 0 fully saturated rings. The van der Waals surface area contributed by atoms with Gasteiger partial charge in [-0.1, -0.05) is 41.1 Å². The van der Waals surface area contributed by atoms with Crippen molar-refractivity contribution in [2.75, 3.05) is 6.61 Å². The lowest BCUT2D eigenvalue weighted by Gasteiger charge is -2.03. The molecule has 0 unspecified atom stereocenters. The number of hydrogen-bond acceptors (Lipinski definition) is 1. The summed E-state index contributed by atoms with van der Waals surface area (Å²) in [6, 6.07) is 7.91. The lowest BCUT2D eigenvalue weighted by Crippen LogP contribution is -1.95. The Morgan fingerprint density at radius 1 is 1.36 bits per heavy atom. The van der Waals surface area contributed by atoms with E-state index < -0.39 is 0 Å². The first-order chi connectivity index (χ1) is 6.83. The second-order valence-corrected chi connectivity index (χ2v) is 3.89. The van der Waals surface area contributed by atoms with Gasteiger partial charge >= 0.3 is 0 Å². The molecule has 0 N–H and O–H groups in total. The highest BCUT2D eigenvalue weighted by atomic mass is 79.9. The van der Waals surface area contributed by atoms with Crippen molar-refractivity contribution < 1.29 is 4.74 Å². The summed E-state index contributed by atoms with van der Waals surface area (Å²) in [5.41, 5.74) is 0. The Bertz CT molecular complexity index is 294. The van der Waals surface area contributed by atoms with Gasteiger partial charge in [0.25, 0.3) is 0 Å². The third kappa shape index (κ3) is 4.47. The Kier molecular flexibility index (Phi) is 5.38. The zero-order chi connectivity index (χ0) is 10.2. The fourth-order valence-corrected chi connectivity index (χ4v) is 1.46. The van der Waals surface area contributed by atoms with Crippen molar-refractivity contribution in [2.24, 2.45) is 0 Å². The van der Waals surface area contributed by atoms with Crippen molar-refractivity contribution in [1.82, 2.24) is 0 Å². The van der Waals surface area contributed by atoms with Crippen molar-refractivity contribution in [3.05, 3.63) is 40.9 Å². The molecule has 0 atom stereocenters. The summed E-state index contributed by atoms with van der Waals surface area (Å²) in [6.45, 7) is 2.87. The second kappa shape index (κ2) is 6.66. The monoisotopic (exact) mass is 254 g/mol. The minimum atomic E-state index is 0.743. The molecular formula is C12H15BrO. The molecule has 0 saturated carbocycles. The van der Waals surface area contributed by atoms with Gasteiger partial charge in [0, 0.05) is 4.47 Å². The summed E-state index contributed by atoms with van der Waals surface area (Å²) in [4.78, 5) is 0. The summed E-state index contributed by atoms with van der Waals surface area (Å²) in [6.07, 6.45) is 6.37. The van der Waals surface area contributed by atoms with E-state index in [1.54, 1.807) is 0 Å². The molecule has 0 aliphatic carbocycles. The minimum absolute atomic E-state index is 0.743. The van der Waals surface area contributed by atoms with Gasteiger partial charge in [0.15, 0.2) is 0 Å². The van der Waals surface area contributed by atoms with Gasteiger partial charge in [0.2, 0.25) is 0 Å². The van der Waals surface area contributed by atoms with E-state index in [1.165, 1.54) is 0 Å². The molecule has 0 radical (unpaired) electrons. The summed E-state index contributed by atoms with van der Waals surface area (Å²) in [5, 5.41) is 0. The van der Waals surface area contributed by atoms with Crippen molar-refractivity contribution in [1.29, 1.82) is 0 Å². The molecule has 1 aromatic rings. The predicted molar refractivity (Wildman–Crippen MR) is 63.7 cm³/mol. The van der Waals surface area contributed by atoms with Crippen molar-refractivity contribution in [2.45, 2.75) is 19.8 Å². The maximum atomic E-state index is 5.55. The van der Waals surface area contributed by atoms with Crippen LogP contribution in [-0.2, 0) is 0 Å². The van der Waals surface area contributed by atoms with Crippen LogP contribution in [0.1, 0.15) is 19.8 Å². The number of benzene rings is 1. The van der Waals surface area contributed by atoms with E-state index in [1.807, 2.05) is 24.3 Å². The highest BCUT2D eigenvalue weighted by molar-refractivity contribution is 9.10. The lowest BCUT2D eigenvalue weighted by atomic mass is 10.3. The fourth-order valence-electron chi connectivity index (χ4n) is 1.09. The van der Waals surface area contributed by atoms with E-state index in [9.17, 15) is 0 Å². The normalized spacial score (nSPS) is 10.7. The van der Waals surface area contributed by atoms with Crippen molar-refractivity contribution >= 4 is 15.9 Å². The first-order valence-electron chi connectivity index (χ1n) is 4.86. The third-order valence-electron chi connectivity index (χ3n) is 1.75. The molecule has 14 heavy (non-hydrogen) atoms. The average molecular weight is 255 g/mol. The van der Waals surface area contributed by atoms with Gasteiger partial charge in [-0.25, -0.2) is 0 Å². The van der Waals surface area contributed by atoms with Crippen LogP contribution in [0.25, 0.3) is 0 Å². The number of ether oxygens (including phenoxy) is 1. The molecule has 1 aromatic carbocycles. The Morgan fingerprint density at radius 2 is 2.21 bits per heavy atom. The highest BCUT2D eigenvalue weighted by Gasteiger charge is 1.92. The van der Waals surface area contributed by atoms with Crippen LogP contribution < -0.4 is 4.74 Å². The summed E-state index contributed by atoms with van der Waals surface area (Å²) in [5.74, 6) is 0.921. The van der Waals surface area contributed by atoms with Crippen LogP contribution in [0.2, 0.25) is 0 Å². The molecule has 0 heterocycles. The van der Waals surface area contributed by atoms with Crippen LogP contribution in [0.5, 0.6) is 5.75 Å². The topological polar surface area (TPSA) is 9.23 Å². The van der Waals surface area contributed by atoms with E-state index in [4.69, 9.17) is 4.74 Å². The molecule has 1 rings (SSSR count). The van der Waals surface area contributed by atoms with Crippen LogP contribution in [-0.4, -0.2) is 6.61 Å². The summed E-state index contributed by atoms with van der Waals surface area (Å²) < 4.78 is 6.61. The first-order valence-corrected chi connectivity index (χ1v) is 5.65. The van der Waals surface area contributed by atoms with E-state index in [0.717, 1.165) is 29.7 Å². The Morgan fingerprint density at radius 3 is 2.93 bits per heavy atom. The zero-order valence-corrected chi connectivity index (χ0v) is 9.96. The van der Waals surface area contributed by atoms with E-state index in [-0.39, 0.29) is 0 Å². The maximum Gasteiger partial charge on any atom is 0.120 e. The summed E-state index contributed by atoms with van der Waals surface area (Å²) >= 11 is 3.40. The van der Waals surface area contributed by atoms with Gasteiger partial charge in [-0.3, -0.25) is 0 Å². The Hall–Kier alpha value is -0.760. The SMILES string of the molecule is CC/C=C/CCOc1cccc(Br)c1. The van der Waals surface area contributed by atoms with Crippen LogP contribution in [0.3, 0.4) is 0 Å². The third-order valence-corrected chi connectivity index (χ3v) is 2.24. The van der Waals surface area contributed by atoms with E-state index in [0.29, 0.717) is 0 Å². The van der Waals surface area contributed by atoms with Gasteiger partial charge in [-0.15, -0.1) is 0 Å². The number of allylic oxidation sites excluding steroid dienone is 1. The molecule has 0 amide bonds. The highest BCUT2D eigenvalue weighted by Crippen LogP contribution is 2.17. The van der Waals surface area contributed by atoms with Gasteiger partial charge in [0.1, 0.15) is 5.75 Å². The molecule has 76 valence electrons. The maximum absolute atomic E-state index is 5.55. The largest absolute Gasteiger partial charge is 0.493 e. The van der Waals surface area contributed by atoms with Crippen LogP contribution in [0.4, 0.5) is 0 Å². The summed E-state index contributed by atoms with van der Waals surface area (Å²) in [7, 11) is 0. The van der Waals surface area contributed by atoms with Crippen LogP contribution in [0.15, 0.2) is 40.9 Å². The molecule has 0 saturated heterocycles. The van der Waals surface area contributed by atoms with Gasteiger partial charge in [0.05, 0.1) is 6.61 Å². The Balaban J connectivity index is 2.28. The first kappa shape index (κ1) is 11.3. The molecule has 0 aliphatic heterocycles. The number of hydrogen-bond donors (Lipinski definition) is 0. The van der Waals surface area contributed by atoms with E-state index >= 15 is 0 Å². The van der Waals surface area contributed by atoms with Crippen molar-refractivity contribution in [3.8, 4) is 5.75 Å². The fraction of sp³-hybridized carbons (Fsp3) is 0.333. The number of halogens is 1. The molecule has 0 spiro atoms. The molecular weight excluding hydrogens is 240 g/mol. The molecule has 2 heteroatoms. The standard InChI is InChI=1S/C12H15BrO/c1-2-3-4-5-9-14-12-8-6-7-11(13)10-12/h3-4,6-8,10H,2,5,9H2,1H3/b4-3+. The Labute approximate surface area is 93.9 Å². The lowest BCUT2D eigenvalue weighted by molar-refractivity contribution is 0.324. The quantitative estimate of drug-likeness (QED) is 0.566. The smallest absolute Gasteiger partial charge is 0.120 e. The second-order valence-electron chi connectivity index (χ2n) is 2.97. The zero-order valence-electron chi connectivity index (χ0n) is 8.37. The van der Waals surface area contributed by atoms with Crippen LogP contribution >= 0.6 is 15.9 Å². The molecule has 0 aliphatic rings. The van der Waals surface area contributed by atoms with Gasteiger partial charge < -0.3 is 4.74 Å². The molecule has 1 nitrogen and oxygen atoms in total. The van der Waals surface area contributed by atoms with Gasteiger partial charge in [-0.05, 0) is 31.0 Å².